The van der Waals surface area contributed by atoms with Crippen LogP contribution in [0.15, 0.2) is 12.2 Å². The number of hydrogen-bond donors (Lipinski definition) is 2. The summed E-state index contributed by atoms with van der Waals surface area (Å²) in [6.07, 6.45) is 5.27. The average molecular weight is 483 g/mol. The standard InChI is InChI=1S/C26H46O6Si/c1-22(2,3)33(8,9)29-15-11-19-26(28,20-21(30-19)32-24(6,7)31-20)14-13-25-12-10-17(16-18(25)27)23(25,4)5/h13-14,17-21,27-28H,10-12,15-16H2,1-9H3/b14-13+/t17-,18-,19-,20+,21-,25-,26-/m1/s1. The van der Waals surface area contributed by atoms with Gasteiger partial charge in [-0.05, 0) is 69.0 Å². The van der Waals surface area contributed by atoms with Crippen LogP contribution in [0.2, 0.25) is 18.1 Å². The SMILES string of the molecule is CC1(C)O[C@H]2O[C@H](CCO[Si](C)(C)C(C)(C)C)[C@](O)(/C=C/[C@]34CC[C@H](C[C@H]3O)C4(C)C)[C@H]2O1. The highest BCUT2D eigenvalue weighted by molar-refractivity contribution is 6.74. The first-order chi connectivity index (χ1) is 15.0. The van der Waals surface area contributed by atoms with E-state index in [9.17, 15) is 10.2 Å². The number of ether oxygens (including phenoxy) is 3. The smallest absolute Gasteiger partial charge is 0.191 e. The molecule has 2 heterocycles. The van der Waals surface area contributed by atoms with Crippen molar-refractivity contribution in [2.75, 3.05) is 6.61 Å². The molecule has 0 amide bonds. The summed E-state index contributed by atoms with van der Waals surface area (Å²) in [5, 5.41) is 23.1. The zero-order valence-electron chi connectivity index (χ0n) is 22.1. The van der Waals surface area contributed by atoms with Gasteiger partial charge in [-0.1, -0.05) is 46.8 Å². The van der Waals surface area contributed by atoms with Crippen molar-refractivity contribution in [2.45, 2.75) is 128 Å². The predicted octanol–water partition coefficient (Wildman–Crippen LogP) is 4.75. The molecule has 2 N–H and O–H groups in total. The average Bonchev–Trinajstić information content (AvgIpc) is 3.25. The predicted molar refractivity (Wildman–Crippen MR) is 130 cm³/mol. The van der Waals surface area contributed by atoms with Gasteiger partial charge in [-0.25, -0.2) is 0 Å². The van der Waals surface area contributed by atoms with Crippen LogP contribution < -0.4 is 0 Å². The van der Waals surface area contributed by atoms with Gasteiger partial charge in [-0.15, -0.1) is 0 Å². The van der Waals surface area contributed by atoms with Crippen molar-refractivity contribution < 1.29 is 28.8 Å². The second-order valence-electron chi connectivity index (χ2n) is 13.4. The van der Waals surface area contributed by atoms with Gasteiger partial charge in [0.1, 0.15) is 11.7 Å². The third-order valence-electron chi connectivity index (χ3n) is 9.85. The summed E-state index contributed by atoms with van der Waals surface area (Å²) in [4.78, 5) is 0. The third-order valence-corrected chi connectivity index (χ3v) is 14.4. The van der Waals surface area contributed by atoms with Crippen LogP contribution in [0, 0.1) is 16.7 Å². The van der Waals surface area contributed by atoms with Gasteiger partial charge < -0.3 is 28.8 Å². The summed E-state index contributed by atoms with van der Waals surface area (Å²) < 4.78 is 24.7. The molecule has 0 spiro atoms. The van der Waals surface area contributed by atoms with Crippen molar-refractivity contribution in [2.24, 2.45) is 16.7 Å². The molecule has 2 aliphatic carbocycles. The Morgan fingerprint density at radius 2 is 1.76 bits per heavy atom. The van der Waals surface area contributed by atoms with Crippen molar-refractivity contribution in [3.05, 3.63) is 12.2 Å². The lowest BCUT2D eigenvalue weighted by Gasteiger charge is -2.40. The molecular formula is C26H46O6Si. The molecule has 190 valence electrons. The monoisotopic (exact) mass is 482 g/mol. The quantitative estimate of drug-likeness (QED) is 0.420. The maximum atomic E-state index is 12.0. The minimum absolute atomic E-state index is 0.00855. The zero-order valence-corrected chi connectivity index (χ0v) is 23.1. The summed E-state index contributed by atoms with van der Waals surface area (Å²) in [5.41, 5.74) is -1.69. The van der Waals surface area contributed by atoms with Crippen molar-refractivity contribution in [3.8, 4) is 0 Å². The van der Waals surface area contributed by atoms with E-state index in [0.717, 1.165) is 19.3 Å². The van der Waals surface area contributed by atoms with E-state index in [4.69, 9.17) is 18.6 Å². The fourth-order valence-electron chi connectivity index (χ4n) is 6.39. The topological polar surface area (TPSA) is 77.4 Å². The maximum Gasteiger partial charge on any atom is 0.191 e. The number of aliphatic hydroxyl groups is 2. The molecule has 7 atom stereocenters. The molecule has 2 bridgehead atoms. The first-order valence-corrected chi connectivity index (χ1v) is 15.6. The molecule has 0 aromatic rings. The van der Waals surface area contributed by atoms with Gasteiger partial charge in [0.25, 0.3) is 0 Å². The fraction of sp³-hybridized carbons (Fsp3) is 0.923. The molecule has 0 aromatic heterocycles. The lowest BCUT2D eigenvalue weighted by Crippen LogP contribution is -2.49. The molecule has 0 unspecified atom stereocenters. The van der Waals surface area contributed by atoms with Gasteiger partial charge in [-0.3, -0.25) is 0 Å². The van der Waals surface area contributed by atoms with Crippen LogP contribution in [0.3, 0.4) is 0 Å². The van der Waals surface area contributed by atoms with E-state index in [1.807, 2.05) is 19.9 Å². The molecule has 4 aliphatic rings. The van der Waals surface area contributed by atoms with E-state index >= 15 is 0 Å². The molecule has 4 rings (SSSR count). The van der Waals surface area contributed by atoms with Gasteiger partial charge in [0, 0.05) is 12.0 Å². The van der Waals surface area contributed by atoms with Gasteiger partial charge in [0.05, 0.1) is 12.2 Å². The molecule has 33 heavy (non-hydrogen) atoms. The molecule has 2 saturated carbocycles. The second kappa shape index (κ2) is 7.86. The molecule has 4 fully saturated rings. The molecule has 0 aromatic carbocycles. The highest BCUT2D eigenvalue weighted by Crippen LogP contribution is 2.66. The Balaban J connectivity index is 1.57. The molecule has 7 heteroatoms. The van der Waals surface area contributed by atoms with E-state index in [2.05, 4.69) is 53.8 Å². The Morgan fingerprint density at radius 3 is 2.30 bits per heavy atom. The summed E-state index contributed by atoms with van der Waals surface area (Å²) in [6, 6.07) is 0. The van der Waals surface area contributed by atoms with Crippen molar-refractivity contribution in [1.82, 2.24) is 0 Å². The largest absolute Gasteiger partial charge is 0.417 e. The Bertz CT molecular complexity index is 786. The van der Waals surface area contributed by atoms with Crippen LogP contribution in [0.4, 0.5) is 0 Å². The van der Waals surface area contributed by atoms with E-state index in [-0.39, 0.29) is 22.0 Å². The van der Waals surface area contributed by atoms with E-state index < -0.39 is 38.2 Å². The van der Waals surface area contributed by atoms with Crippen LogP contribution in [-0.2, 0) is 18.6 Å². The molecular weight excluding hydrogens is 436 g/mol. The number of fused-ring (bicyclic) bond motifs is 3. The highest BCUT2D eigenvalue weighted by atomic mass is 28.4. The maximum absolute atomic E-state index is 12.0. The minimum Gasteiger partial charge on any atom is -0.417 e. The number of hydrogen-bond acceptors (Lipinski definition) is 6. The van der Waals surface area contributed by atoms with E-state index in [0.29, 0.717) is 18.9 Å². The normalized spacial score (nSPS) is 44.2. The van der Waals surface area contributed by atoms with Crippen LogP contribution in [0.25, 0.3) is 0 Å². The van der Waals surface area contributed by atoms with Crippen LogP contribution in [0.1, 0.15) is 74.1 Å². The molecule has 2 aliphatic heterocycles. The number of rotatable bonds is 6. The molecule has 0 radical (unpaired) electrons. The Hall–Kier alpha value is -0.283. The highest BCUT2D eigenvalue weighted by Gasteiger charge is 2.65. The van der Waals surface area contributed by atoms with Crippen LogP contribution in [-0.4, -0.2) is 61.1 Å². The van der Waals surface area contributed by atoms with Crippen LogP contribution in [0.5, 0.6) is 0 Å². The van der Waals surface area contributed by atoms with Gasteiger partial charge >= 0.3 is 0 Å². The minimum atomic E-state index is -1.91. The summed E-state index contributed by atoms with van der Waals surface area (Å²) in [5.74, 6) is -0.305. The van der Waals surface area contributed by atoms with E-state index in [1.54, 1.807) is 0 Å². The van der Waals surface area contributed by atoms with E-state index in [1.165, 1.54) is 0 Å². The zero-order chi connectivity index (χ0) is 24.7. The van der Waals surface area contributed by atoms with Gasteiger partial charge in [-0.2, -0.15) is 0 Å². The Kier molecular flexibility index (Phi) is 6.14. The first kappa shape index (κ1) is 25.8. The number of aliphatic hydroxyl groups excluding tert-OH is 1. The van der Waals surface area contributed by atoms with Crippen molar-refractivity contribution in [1.29, 1.82) is 0 Å². The van der Waals surface area contributed by atoms with Crippen molar-refractivity contribution in [3.63, 3.8) is 0 Å². The lowest BCUT2D eigenvalue weighted by molar-refractivity contribution is -0.224. The summed E-state index contributed by atoms with van der Waals surface area (Å²) in [6.45, 7) is 19.9. The van der Waals surface area contributed by atoms with Gasteiger partial charge in [0.2, 0.25) is 0 Å². The second-order valence-corrected chi connectivity index (χ2v) is 18.2. The lowest BCUT2D eigenvalue weighted by atomic mass is 9.67. The van der Waals surface area contributed by atoms with Gasteiger partial charge in [0.15, 0.2) is 20.4 Å². The summed E-state index contributed by atoms with van der Waals surface area (Å²) in [7, 11) is -1.91. The molecule has 2 saturated heterocycles. The Labute approximate surface area is 201 Å². The third kappa shape index (κ3) is 4.00. The summed E-state index contributed by atoms with van der Waals surface area (Å²) >= 11 is 0. The Morgan fingerprint density at radius 1 is 1.09 bits per heavy atom. The molecule has 6 nitrogen and oxygen atoms in total. The van der Waals surface area contributed by atoms with Crippen LogP contribution >= 0.6 is 0 Å². The first-order valence-electron chi connectivity index (χ1n) is 12.7. The van der Waals surface area contributed by atoms with Crippen molar-refractivity contribution >= 4 is 8.32 Å². The fourth-order valence-corrected chi connectivity index (χ4v) is 7.45.